The molecule has 0 amide bonds. The number of aliphatic hydroxyl groups excluding tert-OH is 6. The highest BCUT2D eigenvalue weighted by atomic mass is 16.7. The van der Waals surface area contributed by atoms with E-state index in [1.165, 1.54) is 7.11 Å². The van der Waals surface area contributed by atoms with E-state index in [2.05, 4.69) is 13.8 Å². The molecule has 7 N–H and O–H groups in total. The molecule has 7 rings (SSSR count). The van der Waals surface area contributed by atoms with Crippen LogP contribution in [0.15, 0.2) is 11.6 Å². The van der Waals surface area contributed by atoms with Gasteiger partial charge in [0.2, 0.25) is 0 Å². The molecule has 14 nitrogen and oxygen atoms in total. The molecule has 0 radical (unpaired) electrons. The number of carbonyl (C=O) groups is 1. The third kappa shape index (κ3) is 5.63. The zero-order valence-corrected chi connectivity index (χ0v) is 29.4. The maximum Gasteiger partial charge on any atom is 0.331 e. The number of cyclic esters (lactones) is 1. The lowest BCUT2D eigenvalue weighted by Gasteiger charge is -2.64. The first-order valence-electron chi connectivity index (χ1n) is 18.4. The Hall–Kier alpha value is -1.27. The smallest absolute Gasteiger partial charge is 0.331 e. The third-order valence-electron chi connectivity index (χ3n) is 14.5. The molecule has 0 bridgehead atoms. The summed E-state index contributed by atoms with van der Waals surface area (Å²) in [7, 11) is 1.33. The zero-order valence-electron chi connectivity index (χ0n) is 29.4. The van der Waals surface area contributed by atoms with Crippen LogP contribution in [0.2, 0.25) is 0 Å². The summed E-state index contributed by atoms with van der Waals surface area (Å²) in [5.41, 5.74) is -0.775. The van der Waals surface area contributed by atoms with Crippen molar-refractivity contribution in [1.29, 1.82) is 0 Å². The maximum absolute atomic E-state index is 12.5. The number of hydrogen-bond acceptors (Lipinski definition) is 14. The Bertz CT molecular complexity index is 1300. The van der Waals surface area contributed by atoms with Gasteiger partial charge in [-0.2, -0.15) is 0 Å². The molecule has 3 aliphatic heterocycles. The Morgan fingerprint density at radius 3 is 2.28 bits per heavy atom. The van der Waals surface area contributed by atoms with Crippen molar-refractivity contribution in [2.24, 2.45) is 34.5 Å². The summed E-state index contributed by atoms with van der Waals surface area (Å²) < 4.78 is 34.2. The summed E-state index contributed by atoms with van der Waals surface area (Å²) in [6.07, 6.45) is -6.71. The zero-order chi connectivity index (χ0) is 35.9. The number of rotatable bonds is 7. The molecule has 3 heterocycles. The second-order valence-corrected chi connectivity index (χ2v) is 16.6. The molecule has 4 saturated carbocycles. The van der Waals surface area contributed by atoms with Gasteiger partial charge < -0.3 is 64.2 Å². The molecule has 7 aliphatic rings. The number of hydrogen-bond donors (Lipinski definition) is 7. The average molecular weight is 713 g/mol. The predicted molar refractivity (Wildman–Crippen MR) is 172 cm³/mol. The van der Waals surface area contributed by atoms with E-state index in [1.807, 2.05) is 0 Å². The second kappa shape index (κ2) is 13.5. The van der Waals surface area contributed by atoms with Crippen molar-refractivity contribution in [3.63, 3.8) is 0 Å². The number of fused-ring (bicyclic) bond motifs is 5. The largest absolute Gasteiger partial charge is 0.458 e. The molecule has 12 unspecified atom stereocenters. The minimum Gasteiger partial charge on any atom is -0.458 e. The fourth-order valence-corrected chi connectivity index (χ4v) is 11.6. The molecule has 4 aliphatic carbocycles. The van der Waals surface area contributed by atoms with Gasteiger partial charge in [-0.15, -0.1) is 0 Å². The van der Waals surface area contributed by atoms with Crippen LogP contribution in [-0.4, -0.2) is 141 Å². The van der Waals surface area contributed by atoms with Crippen molar-refractivity contribution < 1.29 is 69.0 Å². The highest BCUT2D eigenvalue weighted by Gasteiger charge is 2.69. The lowest BCUT2D eigenvalue weighted by Crippen LogP contribution is -2.66. The molecule has 0 spiro atoms. The topological polar surface area (TPSA) is 214 Å². The van der Waals surface area contributed by atoms with Gasteiger partial charge in [0.1, 0.15) is 49.3 Å². The number of aliphatic hydroxyl groups is 7. The Morgan fingerprint density at radius 1 is 0.860 bits per heavy atom. The molecule has 0 aromatic carbocycles. The van der Waals surface area contributed by atoms with E-state index in [0.717, 1.165) is 37.7 Å². The first kappa shape index (κ1) is 37.1. The molecule has 0 aromatic heterocycles. The Balaban J connectivity index is 1.01. The number of methoxy groups -OCH3 is 1. The van der Waals surface area contributed by atoms with Crippen LogP contribution in [0.25, 0.3) is 0 Å². The van der Waals surface area contributed by atoms with Gasteiger partial charge in [-0.3, -0.25) is 0 Å². The first-order valence-corrected chi connectivity index (χ1v) is 18.4. The fourth-order valence-electron chi connectivity index (χ4n) is 11.6. The molecular formula is C36H56O14. The predicted octanol–water partition coefficient (Wildman–Crippen LogP) is -0.0948. The van der Waals surface area contributed by atoms with Crippen LogP contribution in [0.5, 0.6) is 0 Å². The minimum atomic E-state index is -1.59. The van der Waals surface area contributed by atoms with Gasteiger partial charge in [0.15, 0.2) is 12.6 Å². The molecule has 0 aromatic rings. The van der Waals surface area contributed by atoms with E-state index in [4.69, 9.17) is 28.4 Å². The van der Waals surface area contributed by atoms with Crippen LogP contribution in [-0.2, 0) is 33.2 Å². The Morgan fingerprint density at radius 2 is 1.60 bits per heavy atom. The molecule has 284 valence electrons. The normalized spacial score (nSPS) is 55.1. The minimum absolute atomic E-state index is 0.0104. The summed E-state index contributed by atoms with van der Waals surface area (Å²) in [6, 6.07) is 0. The van der Waals surface area contributed by atoms with Crippen LogP contribution in [0.4, 0.5) is 0 Å². The van der Waals surface area contributed by atoms with Gasteiger partial charge in [0.25, 0.3) is 0 Å². The van der Waals surface area contributed by atoms with E-state index < -0.39 is 91.2 Å². The van der Waals surface area contributed by atoms with Gasteiger partial charge in [0.05, 0.1) is 30.5 Å². The van der Waals surface area contributed by atoms with Crippen LogP contribution < -0.4 is 0 Å². The molecule has 2 saturated heterocycles. The van der Waals surface area contributed by atoms with Crippen molar-refractivity contribution >= 4 is 5.97 Å². The third-order valence-corrected chi connectivity index (χ3v) is 14.5. The van der Waals surface area contributed by atoms with Crippen molar-refractivity contribution in [3.8, 4) is 0 Å². The summed E-state index contributed by atoms with van der Waals surface area (Å²) in [5, 5.41) is 77.9. The van der Waals surface area contributed by atoms with Crippen LogP contribution in [0, 0.1) is 34.5 Å². The number of carbonyl (C=O) groups excluding carboxylic acids is 1. The van der Waals surface area contributed by atoms with Gasteiger partial charge in [-0.05, 0) is 86.5 Å². The van der Waals surface area contributed by atoms with Gasteiger partial charge in [-0.25, -0.2) is 4.79 Å². The van der Waals surface area contributed by atoms with E-state index >= 15 is 0 Å². The summed E-state index contributed by atoms with van der Waals surface area (Å²) in [4.78, 5) is 11.9. The highest BCUT2D eigenvalue weighted by molar-refractivity contribution is 5.85. The van der Waals surface area contributed by atoms with Crippen molar-refractivity contribution in [2.45, 2.75) is 151 Å². The number of ether oxygens (including phenoxy) is 6. The van der Waals surface area contributed by atoms with Crippen molar-refractivity contribution in [1.82, 2.24) is 0 Å². The van der Waals surface area contributed by atoms with Gasteiger partial charge in [-0.1, -0.05) is 13.8 Å². The Kier molecular flexibility index (Phi) is 10.0. The van der Waals surface area contributed by atoms with E-state index in [1.54, 1.807) is 13.0 Å². The molecule has 50 heavy (non-hydrogen) atoms. The van der Waals surface area contributed by atoms with E-state index in [9.17, 15) is 40.5 Å². The van der Waals surface area contributed by atoms with Crippen molar-refractivity contribution in [3.05, 3.63) is 11.6 Å². The molecule has 6 fully saturated rings. The fraction of sp³-hybridized carbons (Fsp3) is 0.917. The highest BCUT2D eigenvalue weighted by Crippen LogP contribution is 2.70. The van der Waals surface area contributed by atoms with Crippen LogP contribution >= 0.6 is 0 Å². The summed E-state index contributed by atoms with van der Waals surface area (Å²) >= 11 is 0. The molecular weight excluding hydrogens is 656 g/mol. The summed E-state index contributed by atoms with van der Waals surface area (Å²) in [5.74, 6) is -0.0371. The van der Waals surface area contributed by atoms with Crippen LogP contribution in [0.3, 0.4) is 0 Å². The maximum atomic E-state index is 12.5. The standard InChI is InChI=1S/C36H56O14/c1-16-26(40)31(45-4)29(43)33(47-16)50-30-23(14-37)49-32(28(42)27(30)41)48-19-12-18-5-6-22-21(35(18,3)24(38)13-19)7-9-34(2)20(8-10-36(22,34)44)17-11-25(39)46-15-17/h11,16,18-24,26-33,37-38,40-44H,5-10,12-15H2,1-4H3/t16?,18?,19-,20-,21?,22?,23?,24-,26?,27?,28?,29?,30?,31?,32-,33?,34-,35+,36+/m1/s1. The van der Waals surface area contributed by atoms with E-state index in [0.29, 0.717) is 19.4 Å². The Labute approximate surface area is 292 Å². The molecule has 14 heteroatoms. The van der Waals surface area contributed by atoms with Gasteiger partial charge >= 0.3 is 5.97 Å². The quantitative estimate of drug-likeness (QED) is 0.136. The van der Waals surface area contributed by atoms with E-state index in [-0.39, 0.29) is 41.5 Å². The van der Waals surface area contributed by atoms with Crippen molar-refractivity contribution in [2.75, 3.05) is 20.3 Å². The SMILES string of the molecule is COC1C(O)C(C)OC(OC2C(CO)O[C@@H](O[C@@H]3CC4CCC5C(CC[C@]6(C)[C@@H](C7=CC(=O)OC7)CC[C@]56O)[C@@]4(C)[C@H](O)C3)C(O)C2O)C1O. The van der Waals surface area contributed by atoms with Gasteiger partial charge in [0, 0.05) is 25.0 Å². The number of esters is 1. The van der Waals surface area contributed by atoms with Crippen LogP contribution in [0.1, 0.15) is 72.1 Å². The monoisotopic (exact) mass is 712 g/mol. The lowest BCUT2D eigenvalue weighted by molar-refractivity contribution is -0.363. The lowest BCUT2D eigenvalue weighted by atomic mass is 9.42. The average Bonchev–Trinajstić information content (AvgIpc) is 3.63. The second-order valence-electron chi connectivity index (χ2n) is 16.6. The summed E-state index contributed by atoms with van der Waals surface area (Å²) in [6.45, 7) is 5.60. The first-order chi connectivity index (χ1) is 23.7. The molecule has 19 atom stereocenters.